The van der Waals surface area contributed by atoms with Crippen molar-refractivity contribution in [3.05, 3.63) is 23.3 Å². The van der Waals surface area contributed by atoms with Crippen molar-refractivity contribution in [1.29, 1.82) is 0 Å². The normalized spacial score (nSPS) is 43.9. The molecule has 0 aromatic carbocycles. The Labute approximate surface area is 204 Å². The number of fused-ring (bicyclic) bond motifs is 4. The molecule has 2 fully saturated rings. The van der Waals surface area contributed by atoms with E-state index in [2.05, 4.69) is 67.5 Å². The summed E-state index contributed by atoms with van der Waals surface area (Å²) in [5, 5.41) is 10.8. The molecule has 4 rings (SSSR count). The fourth-order valence-corrected chi connectivity index (χ4v) is 9.43. The van der Waals surface area contributed by atoms with Crippen LogP contribution in [0.1, 0.15) is 113 Å². The molecule has 0 amide bonds. The number of hydrogen-bond acceptors (Lipinski definition) is 2. The zero-order valence-corrected chi connectivity index (χ0v) is 23.2. The molecular formula is C31H52O2. The maximum atomic E-state index is 10.8. The quantitative estimate of drug-likeness (QED) is 0.423. The minimum Gasteiger partial charge on any atom is -0.393 e. The SMILES string of the molecule is COC(C)(C)C=CCC(C)C1CCC2(C)C3=C(CCC12C)C1(C)CCC(O)C(C)(C)C1CC3. The number of rotatable bonds is 5. The van der Waals surface area contributed by atoms with E-state index in [1.54, 1.807) is 7.11 Å². The summed E-state index contributed by atoms with van der Waals surface area (Å²) in [4.78, 5) is 0. The molecule has 4 aliphatic rings. The highest BCUT2D eigenvalue weighted by Crippen LogP contribution is 2.72. The lowest BCUT2D eigenvalue weighted by atomic mass is 9.43. The summed E-state index contributed by atoms with van der Waals surface area (Å²) in [5.41, 5.74) is 4.59. The molecule has 0 aliphatic heterocycles. The van der Waals surface area contributed by atoms with Crippen molar-refractivity contribution < 1.29 is 9.84 Å². The summed E-state index contributed by atoms with van der Waals surface area (Å²) in [5.74, 6) is 2.12. The van der Waals surface area contributed by atoms with Crippen molar-refractivity contribution in [1.82, 2.24) is 0 Å². The van der Waals surface area contributed by atoms with Gasteiger partial charge in [-0.1, -0.05) is 64.8 Å². The van der Waals surface area contributed by atoms with Gasteiger partial charge < -0.3 is 9.84 Å². The molecule has 188 valence electrons. The molecule has 0 aromatic heterocycles. The van der Waals surface area contributed by atoms with Crippen molar-refractivity contribution in [2.75, 3.05) is 7.11 Å². The van der Waals surface area contributed by atoms with Crippen LogP contribution in [-0.4, -0.2) is 23.9 Å². The third kappa shape index (κ3) is 3.72. The summed E-state index contributed by atoms with van der Waals surface area (Å²) in [6, 6.07) is 0. The van der Waals surface area contributed by atoms with E-state index in [4.69, 9.17) is 4.74 Å². The minimum absolute atomic E-state index is 0.0300. The molecule has 7 atom stereocenters. The zero-order valence-electron chi connectivity index (χ0n) is 23.2. The first-order valence-corrected chi connectivity index (χ1v) is 13.9. The fourth-order valence-electron chi connectivity index (χ4n) is 9.43. The van der Waals surface area contributed by atoms with E-state index in [1.165, 1.54) is 44.9 Å². The highest BCUT2D eigenvalue weighted by atomic mass is 16.5. The number of ether oxygens (including phenoxy) is 1. The van der Waals surface area contributed by atoms with Gasteiger partial charge in [0.25, 0.3) is 0 Å². The first-order chi connectivity index (χ1) is 15.2. The van der Waals surface area contributed by atoms with Gasteiger partial charge in [-0.2, -0.15) is 0 Å². The zero-order chi connectivity index (χ0) is 24.4. The summed E-state index contributed by atoms with van der Waals surface area (Å²) >= 11 is 0. The topological polar surface area (TPSA) is 29.5 Å². The molecule has 0 heterocycles. The van der Waals surface area contributed by atoms with Gasteiger partial charge in [-0.05, 0) is 111 Å². The Hall–Kier alpha value is -0.600. The van der Waals surface area contributed by atoms with E-state index in [0.29, 0.717) is 28.1 Å². The van der Waals surface area contributed by atoms with Crippen LogP contribution in [0.2, 0.25) is 0 Å². The standard InChI is InChI=1S/C31H52O2/c1-21(11-10-17-27(2,3)33-9)22-14-19-31(8)24-12-13-25-28(4,5)26(32)16-18-29(25,6)23(24)15-20-30(22,31)7/h10,17,21-22,25-26,32H,11-16,18-20H2,1-9H3. The monoisotopic (exact) mass is 456 g/mol. The van der Waals surface area contributed by atoms with Gasteiger partial charge in [0, 0.05) is 7.11 Å². The van der Waals surface area contributed by atoms with E-state index >= 15 is 0 Å². The van der Waals surface area contributed by atoms with Gasteiger partial charge in [0.05, 0.1) is 11.7 Å². The number of aliphatic hydroxyl groups excluding tert-OH is 1. The summed E-state index contributed by atoms with van der Waals surface area (Å²) in [7, 11) is 1.80. The van der Waals surface area contributed by atoms with E-state index in [9.17, 15) is 5.11 Å². The van der Waals surface area contributed by atoms with Crippen LogP contribution in [0.25, 0.3) is 0 Å². The molecule has 7 unspecified atom stereocenters. The largest absolute Gasteiger partial charge is 0.393 e. The summed E-state index contributed by atoms with van der Waals surface area (Å²) < 4.78 is 5.59. The van der Waals surface area contributed by atoms with E-state index < -0.39 is 0 Å². The highest BCUT2D eigenvalue weighted by Gasteiger charge is 2.63. The smallest absolute Gasteiger partial charge is 0.0802 e. The average Bonchev–Trinajstić information content (AvgIpc) is 3.02. The second kappa shape index (κ2) is 8.22. The molecular weight excluding hydrogens is 404 g/mol. The van der Waals surface area contributed by atoms with Gasteiger partial charge in [-0.15, -0.1) is 0 Å². The molecule has 2 heteroatoms. The minimum atomic E-state index is -0.173. The Balaban J connectivity index is 1.61. The first kappa shape index (κ1) is 25.5. The number of allylic oxidation sites excluding steroid dienone is 3. The Kier molecular flexibility index (Phi) is 6.35. The predicted molar refractivity (Wildman–Crippen MR) is 139 cm³/mol. The number of methoxy groups -OCH3 is 1. The molecule has 0 bridgehead atoms. The summed E-state index contributed by atoms with van der Waals surface area (Å²) in [6.07, 6.45) is 15.7. The van der Waals surface area contributed by atoms with E-state index in [-0.39, 0.29) is 17.1 Å². The lowest BCUT2D eigenvalue weighted by Gasteiger charge is -2.62. The van der Waals surface area contributed by atoms with Gasteiger partial charge in [0.2, 0.25) is 0 Å². The lowest BCUT2D eigenvalue weighted by molar-refractivity contribution is -0.0961. The Morgan fingerprint density at radius 1 is 1.00 bits per heavy atom. The van der Waals surface area contributed by atoms with Crippen LogP contribution in [-0.2, 0) is 4.74 Å². The molecule has 0 aromatic rings. The maximum Gasteiger partial charge on any atom is 0.0802 e. The maximum absolute atomic E-state index is 10.8. The van der Waals surface area contributed by atoms with Crippen molar-refractivity contribution >= 4 is 0 Å². The average molecular weight is 457 g/mol. The highest BCUT2D eigenvalue weighted by molar-refractivity contribution is 5.38. The van der Waals surface area contributed by atoms with Gasteiger partial charge in [-0.25, -0.2) is 0 Å². The predicted octanol–water partition coefficient (Wildman–Crippen LogP) is 8.10. The molecule has 33 heavy (non-hydrogen) atoms. The van der Waals surface area contributed by atoms with Crippen molar-refractivity contribution in [3.63, 3.8) is 0 Å². The van der Waals surface area contributed by atoms with Gasteiger partial charge in [0.15, 0.2) is 0 Å². The third-order valence-electron chi connectivity index (χ3n) is 12.0. The summed E-state index contributed by atoms with van der Waals surface area (Å²) in [6.45, 7) is 19.3. The molecule has 2 saturated carbocycles. The Morgan fingerprint density at radius 2 is 1.70 bits per heavy atom. The number of aliphatic hydroxyl groups is 1. The third-order valence-corrected chi connectivity index (χ3v) is 12.0. The Bertz CT molecular complexity index is 819. The van der Waals surface area contributed by atoms with Crippen LogP contribution in [0.15, 0.2) is 23.3 Å². The molecule has 0 radical (unpaired) electrons. The second-order valence-electron chi connectivity index (χ2n) is 14.2. The first-order valence-electron chi connectivity index (χ1n) is 13.9. The van der Waals surface area contributed by atoms with Crippen molar-refractivity contribution in [3.8, 4) is 0 Å². The van der Waals surface area contributed by atoms with E-state index in [1.807, 2.05) is 11.1 Å². The van der Waals surface area contributed by atoms with Crippen LogP contribution in [0, 0.1) is 39.4 Å². The second-order valence-corrected chi connectivity index (χ2v) is 14.2. The van der Waals surface area contributed by atoms with Crippen molar-refractivity contribution in [2.24, 2.45) is 39.4 Å². The molecule has 0 saturated heterocycles. The van der Waals surface area contributed by atoms with Crippen LogP contribution in [0.5, 0.6) is 0 Å². The van der Waals surface area contributed by atoms with Gasteiger partial charge >= 0.3 is 0 Å². The molecule has 1 N–H and O–H groups in total. The molecule has 0 spiro atoms. The molecule has 2 nitrogen and oxygen atoms in total. The van der Waals surface area contributed by atoms with Gasteiger partial charge in [0.1, 0.15) is 0 Å². The number of hydrogen-bond donors (Lipinski definition) is 1. The van der Waals surface area contributed by atoms with Gasteiger partial charge in [-0.3, -0.25) is 0 Å². The van der Waals surface area contributed by atoms with E-state index in [0.717, 1.165) is 18.8 Å². The Morgan fingerprint density at radius 3 is 2.36 bits per heavy atom. The fraction of sp³-hybridized carbons (Fsp3) is 0.871. The lowest BCUT2D eigenvalue weighted by Crippen LogP contribution is -2.55. The van der Waals surface area contributed by atoms with Crippen LogP contribution in [0.3, 0.4) is 0 Å². The van der Waals surface area contributed by atoms with Crippen LogP contribution < -0.4 is 0 Å². The van der Waals surface area contributed by atoms with Crippen molar-refractivity contribution in [2.45, 2.75) is 125 Å². The van der Waals surface area contributed by atoms with Crippen LogP contribution >= 0.6 is 0 Å². The molecule has 4 aliphatic carbocycles. The van der Waals surface area contributed by atoms with Crippen LogP contribution in [0.4, 0.5) is 0 Å².